The predicted octanol–water partition coefficient (Wildman–Crippen LogP) is 4.73. The minimum Gasteiger partial charge on any atom is -0.0802 e. The summed E-state index contributed by atoms with van der Waals surface area (Å²) in [6.07, 6.45) is 6.28. The summed E-state index contributed by atoms with van der Waals surface area (Å²) < 4.78 is 0. The van der Waals surface area contributed by atoms with E-state index < -0.39 is 0 Å². The van der Waals surface area contributed by atoms with Crippen molar-refractivity contribution in [3.63, 3.8) is 0 Å². The molecule has 0 saturated carbocycles. The van der Waals surface area contributed by atoms with E-state index in [0.29, 0.717) is 0 Å². The fourth-order valence-corrected chi connectivity index (χ4v) is 2.43. The summed E-state index contributed by atoms with van der Waals surface area (Å²) in [4.78, 5) is 0. The maximum atomic E-state index is 2.48. The van der Waals surface area contributed by atoms with E-state index >= 15 is 0 Å². The van der Waals surface area contributed by atoms with Crippen molar-refractivity contribution in [1.29, 1.82) is 0 Å². The minimum atomic E-state index is 0.758. The number of allylic oxidation sites excluding steroid dienone is 4. The van der Waals surface area contributed by atoms with E-state index in [4.69, 9.17) is 0 Å². The lowest BCUT2D eigenvalue weighted by molar-refractivity contribution is 0.555. The van der Waals surface area contributed by atoms with Crippen molar-refractivity contribution in [3.05, 3.63) is 22.8 Å². The van der Waals surface area contributed by atoms with Crippen molar-refractivity contribution in [3.8, 4) is 0 Å². The first kappa shape index (κ1) is 11.6. The SMILES string of the molecule is CCC(CC)C1=CCC(C)C(C)=C1C. The molecule has 1 atom stereocenters. The highest BCUT2D eigenvalue weighted by Gasteiger charge is 2.19. The zero-order valence-electron chi connectivity index (χ0n) is 10.4. The fourth-order valence-electron chi connectivity index (χ4n) is 2.43. The molecule has 0 spiro atoms. The molecule has 0 saturated heterocycles. The molecule has 1 rings (SSSR count). The first-order valence-electron chi connectivity index (χ1n) is 5.99. The van der Waals surface area contributed by atoms with Crippen LogP contribution in [0.2, 0.25) is 0 Å². The summed E-state index contributed by atoms with van der Waals surface area (Å²) in [5.41, 5.74) is 4.80. The second-order valence-corrected chi connectivity index (χ2v) is 4.62. The highest BCUT2D eigenvalue weighted by atomic mass is 14.2. The van der Waals surface area contributed by atoms with Gasteiger partial charge in [-0.15, -0.1) is 0 Å². The van der Waals surface area contributed by atoms with Gasteiger partial charge in [-0.1, -0.05) is 32.4 Å². The maximum Gasteiger partial charge on any atom is -0.0168 e. The molecule has 1 aliphatic carbocycles. The number of rotatable bonds is 3. The second-order valence-electron chi connectivity index (χ2n) is 4.62. The van der Waals surface area contributed by atoms with E-state index in [0.717, 1.165) is 11.8 Å². The third kappa shape index (κ3) is 2.10. The van der Waals surface area contributed by atoms with Gasteiger partial charge >= 0.3 is 0 Å². The normalized spacial score (nSPS) is 23.0. The molecule has 0 fully saturated rings. The van der Waals surface area contributed by atoms with Gasteiger partial charge in [0.2, 0.25) is 0 Å². The van der Waals surface area contributed by atoms with Crippen molar-refractivity contribution in [2.45, 2.75) is 53.9 Å². The van der Waals surface area contributed by atoms with Gasteiger partial charge in [-0.05, 0) is 56.1 Å². The van der Waals surface area contributed by atoms with Crippen LogP contribution >= 0.6 is 0 Å². The van der Waals surface area contributed by atoms with Crippen LogP contribution in [0.1, 0.15) is 53.9 Å². The quantitative estimate of drug-likeness (QED) is 0.606. The molecule has 1 aliphatic rings. The second kappa shape index (κ2) is 4.82. The van der Waals surface area contributed by atoms with Crippen LogP contribution in [0.25, 0.3) is 0 Å². The third-order valence-electron chi connectivity index (χ3n) is 3.88. The summed E-state index contributed by atoms with van der Waals surface area (Å²) >= 11 is 0. The zero-order chi connectivity index (χ0) is 10.7. The van der Waals surface area contributed by atoms with Crippen LogP contribution in [-0.2, 0) is 0 Å². The van der Waals surface area contributed by atoms with E-state index in [9.17, 15) is 0 Å². The number of hydrogen-bond donors (Lipinski definition) is 0. The van der Waals surface area contributed by atoms with Gasteiger partial charge in [-0.3, -0.25) is 0 Å². The molecule has 0 aromatic heterocycles. The standard InChI is InChI=1S/C14H24/c1-6-13(7-2)14-9-8-10(3)11(4)12(14)5/h9-10,13H,6-8H2,1-5H3. The Morgan fingerprint density at radius 3 is 2.36 bits per heavy atom. The van der Waals surface area contributed by atoms with Crippen LogP contribution < -0.4 is 0 Å². The monoisotopic (exact) mass is 192 g/mol. The van der Waals surface area contributed by atoms with E-state index in [1.54, 1.807) is 16.7 Å². The maximum absolute atomic E-state index is 2.48. The topological polar surface area (TPSA) is 0 Å². The summed E-state index contributed by atoms with van der Waals surface area (Å²) in [5.74, 6) is 1.55. The Kier molecular flexibility index (Phi) is 3.97. The lowest BCUT2D eigenvalue weighted by Gasteiger charge is -2.27. The van der Waals surface area contributed by atoms with Gasteiger partial charge in [0.25, 0.3) is 0 Å². The van der Waals surface area contributed by atoms with E-state index in [2.05, 4.69) is 40.7 Å². The molecule has 0 nitrogen and oxygen atoms in total. The minimum absolute atomic E-state index is 0.758. The number of hydrogen-bond acceptors (Lipinski definition) is 0. The highest BCUT2D eigenvalue weighted by Crippen LogP contribution is 2.35. The Morgan fingerprint density at radius 2 is 1.86 bits per heavy atom. The Balaban J connectivity index is 2.91. The Hall–Kier alpha value is -0.520. The van der Waals surface area contributed by atoms with Crippen LogP contribution in [0.15, 0.2) is 22.8 Å². The Labute approximate surface area is 89.1 Å². The van der Waals surface area contributed by atoms with Gasteiger partial charge in [-0.2, -0.15) is 0 Å². The van der Waals surface area contributed by atoms with Gasteiger partial charge in [-0.25, -0.2) is 0 Å². The third-order valence-corrected chi connectivity index (χ3v) is 3.88. The molecule has 0 aliphatic heterocycles. The summed E-state index contributed by atoms with van der Waals surface area (Å²) in [5, 5.41) is 0. The Morgan fingerprint density at radius 1 is 1.29 bits per heavy atom. The summed E-state index contributed by atoms with van der Waals surface area (Å²) in [6, 6.07) is 0. The van der Waals surface area contributed by atoms with E-state index in [-0.39, 0.29) is 0 Å². The van der Waals surface area contributed by atoms with E-state index in [1.165, 1.54) is 19.3 Å². The van der Waals surface area contributed by atoms with Crippen LogP contribution in [0.4, 0.5) is 0 Å². The molecule has 0 heterocycles. The van der Waals surface area contributed by atoms with Gasteiger partial charge < -0.3 is 0 Å². The van der Waals surface area contributed by atoms with Gasteiger partial charge in [0.15, 0.2) is 0 Å². The van der Waals surface area contributed by atoms with E-state index in [1.807, 2.05) is 0 Å². The lowest BCUT2D eigenvalue weighted by atomic mass is 9.79. The average Bonchev–Trinajstić information content (AvgIpc) is 2.19. The van der Waals surface area contributed by atoms with Gasteiger partial charge in [0, 0.05) is 0 Å². The fraction of sp³-hybridized carbons (Fsp3) is 0.714. The molecular formula is C14H24. The Bertz CT molecular complexity index is 251. The molecule has 0 bridgehead atoms. The van der Waals surface area contributed by atoms with Crippen molar-refractivity contribution < 1.29 is 0 Å². The molecule has 0 N–H and O–H groups in total. The molecule has 0 radical (unpaired) electrons. The molecule has 14 heavy (non-hydrogen) atoms. The van der Waals surface area contributed by atoms with Crippen molar-refractivity contribution in [1.82, 2.24) is 0 Å². The van der Waals surface area contributed by atoms with Crippen LogP contribution in [0.3, 0.4) is 0 Å². The average molecular weight is 192 g/mol. The summed E-state index contributed by atoms with van der Waals surface area (Å²) in [6.45, 7) is 11.5. The molecule has 0 aromatic rings. The highest BCUT2D eigenvalue weighted by molar-refractivity contribution is 5.38. The largest absolute Gasteiger partial charge is 0.0802 e. The first-order valence-corrected chi connectivity index (χ1v) is 5.99. The molecule has 80 valence electrons. The van der Waals surface area contributed by atoms with Crippen LogP contribution in [-0.4, -0.2) is 0 Å². The van der Waals surface area contributed by atoms with Gasteiger partial charge in [0.1, 0.15) is 0 Å². The molecular weight excluding hydrogens is 168 g/mol. The molecule has 0 amide bonds. The molecule has 1 unspecified atom stereocenters. The first-order chi connectivity index (χ1) is 6.61. The van der Waals surface area contributed by atoms with Crippen molar-refractivity contribution in [2.24, 2.45) is 11.8 Å². The van der Waals surface area contributed by atoms with Crippen LogP contribution in [0.5, 0.6) is 0 Å². The van der Waals surface area contributed by atoms with Crippen molar-refractivity contribution in [2.75, 3.05) is 0 Å². The molecule has 0 aromatic carbocycles. The smallest absolute Gasteiger partial charge is 0.0168 e. The molecule has 0 heteroatoms. The predicted molar refractivity (Wildman–Crippen MR) is 64.3 cm³/mol. The van der Waals surface area contributed by atoms with Crippen LogP contribution in [0, 0.1) is 11.8 Å². The summed E-state index contributed by atoms with van der Waals surface area (Å²) in [7, 11) is 0. The lowest BCUT2D eigenvalue weighted by Crippen LogP contribution is -2.11. The van der Waals surface area contributed by atoms with Gasteiger partial charge in [0.05, 0.1) is 0 Å². The van der Waals surface area contributed by atoms with Crippen molar-refractivity contribution >= 4 is 0 Å². The zero-order valence-corrected chi connectivity index (χ0v) is 10.4.